The second-order valence-corrected chi connectivity index (χ2v) is 8.93. The van der Waals surface area contributed by atoms with E-state index in [1.165, 1.54) is 11.3 Å². The Balaban J connectivity index is 1.47. The molecule has 1 aromatic heterocycles. The van der Waals surface area contributed by atoms with Crippen LogP contribution in [0, 0.1) is 0 Å². The van der Waals surface area contributed by atoms with E-state index in [9.17, 15) is 9.59 Å². The Bertz CT molecular complexity index is 1320. The van der Waals surface area contributed by atoms with Crippen LogP contribution in [-0.2, 0) is 4.79 Å². The fraction of sp³-hybridized carbons (Fsp3) is 0.207. The van der Waals surface area contributed by atoms with Gasteiger partial charge >= 0.3 is 0 Å². The van der Waals surface area contributed by atoms with Crippen LogP contribution in [-0.4, -0.2) is 29.9 Å². The summed E-state index contributed by atoms with van der Waals surface area (Å²) in [6, 6.07) is 24.8. The van der Waals surface area contributed by atoms with Crippen LogP contribution in [0.1, 0.15) is 37.0 Å². The molecule has 184 valence electrons. The minimum Gasteiger partial charge on any atom is -0.490 e. The normalized spacial score (nSPS) is 10.6. The number of anilines is 1. The van der Waals surface area contributed by atoms with E-state index in [1.807, 2.05) is 74.5 Å². The molecule has 0 aliphatic rings. The van der Waals surface area contributed by atoms with Gasteiger partial charge in [-0.1, -0.05) is 60.7 Å². The summed E-state index contributed by atoms with van der Waals surface area (Å²) in [6.07, 6.45) is 0.115. The molecular formula is C29H28N2O4S. The highest BCUT2D eigenvalue weighted by Crippen LogP contribution is 2.38. The number of amides is 1. The molecule has 0 fully saturated rings. The lowest BCUT2D eigenvalue weighted by Gasteiger charge is -2.12. The Morgan fingerprint density at radius 1 is 0.806 bits per heavy atom. The number of ketones is 1. The van der Waals surface area contributed by atoms with Gasteiger partial charge in [0.2, 0.25) is 5.91 Å². The monoisotopic (exact) mass is 500 g/mol. The molecule has 6 nitrogen and oxygen atoms in total. The second-order valence-electron chi connectivity index (χ2n) is 7.93. The summed E-state index contributed by atoms with van der Waals surface area (Å²) in [4.78, 5) is 31.2. The Kier molecular flexibility index (Phi) is 8.47. The van der Waals surface area contributed by atoms with Gasteiger partial charge in [0.05, 0.1) is 18.1 Å². The van der Waals surface area contributed by atoms with E-state index >= 15 is 0 Å². The molecule has 0 atom stereocenters. The summed E-state index contributed by atoms with van der Waals surface area (Å²) < 4.78 is 11.2. The fourth-order valence-electron chi connectivity index (χ4n) is 3.68. The Labute approximate surface area is 214 Å². The number of Topliss-reactive ketones (excluding diaryl/α,β-unsaturated/α-hetero) is 1. The maximum atomic E-state index is 12.8. The Morgan fingerprint density at radius 3 is 2.11 bits per heavy atom. The van der Waals surface area contributed by atoms with Crippen LogP contribution in [0.15, 0.2) is 78.9 Å². The standard InChI is InChI=1S/C29H28N2O4S/c1-3-34-24-17-15-22(19-25(24)35-4-2)23(32)16-18-26(33)30-28-27(20-11-7-5-8-12-20)36-29(31-28)21-13-9-6-10-14-21/h5-15,17,19H,3-4,16,18H2,1-2H3,(H,30,33). The van der Waals surface area contributed by atoms with Crippen molar-refractivity contribution >= 4 is 28.8 Å². The van der Waals surface area contributed by atoms with Crippen LogP contribution in [0.2, 0.25) is 0 Å². The molecule has 0 saturated carbocycles. The maximum absolute atomic E-state index is 12.8. The van der Waals surface area contributed by atoms with Crippen LogP contribution in [0.4, 0.5) is 5.82 Å². The number of hydrogen-bond acceptors (Lipinski definition) is 6. The smallest absolute Gasteiger partial charge is 0.226 e. The molecule has 1 amide bonds. The maximum Gasteiger partial charge on any atom is 0.226 e. The van der Waals surface area contributed by atoms with Gasteiger partial charge in [-0.25, -0.2) is 4.98 Å². The zero-order chi connectivity index (χ0) is 25.3. The Morgan fingerprint density at radius 2 is 1.44 bits per heavy atom. The van der Waals surface area contributed by atoms with Gasteiger partial charge in [0, 0.05) is 24.0 Å². The van der Waals surface area contributed by atoms with Gasteiger partial charge in [-0.05, 0) is 37.6 Å². The van der Waals surface area contributed by atoms with Crippen LogP contribution in [0.25, 0.3) is 21.0 Å². The molecule has 4 aromatic rings. The first kappa shape index (κ1) is 25.1. The number of benzene rings is 3. The number of thiazole rings is 1. The SMILES string of the molecule is CCOc1ccc(C(=O)CCC(=O)Nc2nc(-c3ccccc3)sc2-c2ccccc2)cc1OCC. The predicted octanol–water partition coefficient (Wildman–Crippen LogP) is 6.88. The van der Waals surface area contributed by atoms with Gasteiger partial charge in [0.25, 0.3) is 0 Å². The van der Waals surface area contributed by atoms with E-state index in [1.54, 1.807) is 18.2 Å². The zero-order valence-electron chi connectivity index (χ0n) is 20.3. The first-order valence-corrected chi connectivity index (χ1v) is 12.7. The summed E-state index contributed by atoms with van der Waals surface area (Å²) in [5, 5.41) is 3.75. The molecule has 0 spiro atoms. The average Bonchev–Trinajstić information content (AvgIpc) is 3.33. The lowest BCUT2D eigenvalue weighted by molar-refractivity contribution is -0.116. The van der Waals surface area contributed by atoms with Gasteiger partial charge < -0.3 is 14.8 Å². The topological polar surface area (TPSA) is 77.5 Å². The highest BCUT2D eigenvalue weighted by molar-refractivity contribution is 7.19. The van der Waals surface area contributed by atoms with Crippen LogP contribution < -0.4 is 14.8 Å². The van der Waals surface area contributed by atoms with Crippen molar-refractivity contribution in [1.82, 2.24) is 4.98 Å². The molecule has 1 heterocycles. The number of aromatic nitrogens is 1. The highest BCUT2D eigenvalue weighted by atomic mass is 32.1. The van der Waals surface area contributed by atoms with Gasteiger partial charge in [-0.3, -0.25) is 9.59 Å². The third-order valence-electron chi connectivity index (χ3n) is 5.39. The molecule has 1 N–H and O–H groups in total. The van der Waals surface area contributed by atoms with Crippen molar-refractivity contribution in [1.29, 1.82) is 0 Å². The number of rotatable bonds is 11. The van der Waals surface area contributed by atoms with Crippen molar-refractivity contribution in [2.75, 3.05) is 18.5 Å². The number of nitrogens with one attached hydrogen (secondary N) is 1. The quantitative estimate of drug-likeness (QED) is 0.227. The number of carbonyl (C=O) groups is 2. The molecule has 0 aliphatic heterocycles. The van der Waals surface area contributed by atoms with Crippen LogP contribution in [0.5, 0.6) is 11.5 Å². The summed E-state index contributed by atoms with van der Waals surface area (Å²) in [5.41, 5.74) is 2.44. The minimum absolute atomic E-state index is 0.0441. The molecule has 0 bridgehead atoms. The van der Waals surface area contributed by atoms with E-state index in [0.717, 1.165) is 21.0 Å². The molecular weight excluding hydrogens is 472 g/mol. The summed E-state index contributed by atoms with van der Waals surface area (Å²) in [7, 11) is 0. The van der Waals surface area contributed by atoms with Gasteiger partial charge in [-0.2, -0.15) is 0 Å². The largest absolute Gasteiger partial charge is 0.490 e. The summed E-state index contributed by atoms with van der Waals surface area (Å²) in [5.74, 6) is 1.22. The highest BCUT2D eigenvalue weighted by Gasteiger charge is 2.18. The number of nitrogens with zero attached hydrogens (tertiary/aromatic N) is 1. The average molecular weight is 501 g/mol. The molecule has 0 radical (unpaired) electrons. The molecule has 4 rings (SSSR count). The van der Waals surface area contributed by atoms with E-state index in [4.69, 9.17) is 14.5 Å². The van der Waals surface area contributed by atoms with Crippen LogP contribution >= 0.6 is 11.3 Å². The van der Waals surface area contributed by atoms with Gasteiger partial charge in [0.15, 0.2) is 23.1 Å². The van der Waals surface area contributed by atoms with Crippen molar-refractivity contribution in [3.05, 3.63) is 84.4 Å². The van der Waals surface area contributed by atoms with Gasteiger partial charge in [0.1, 0.15) is 5.01 Å². The van der Waals surface area contributed by atoms with Crippen molar-refractivity contribution in [3.63, 3.8) is 0 Å². The van der Waals surface area contributed by atoms with Gasteiger partial charge in [-0.15, -0.1) is 11.3 Å². The molecule has 36 heavy (non-hydrogen) atoms. The van der Waals surface area contributed by atoms with E-state index in [2.05, 4.69) is 5.32 Å². The lowest BCUT2D eigenvalue weighted by atomic mass is 10.1. The molecule has 7 heteroatoms. The number of carbonyl (C=O) groups excluding carboxylic acids is 2. The summed E-state index contributed by atoms with van der Waals surface area (Å²) >= 11 is 1.52. The summed E-state index contributed by atoms with van der Waals surface area (Å²) in [6.45, 7) is 4.73. The lowest BCUT2D eigenvalue weighted by Crippen LogP contribution is -2.14. The third-order valence-corrected chi connectivity index (χ3v) is 6.54. The van der Waals surface area contributed by atoms with E-state index < -0.39 is 0 Å². The zero-order valence-corrected chi connectivity index (χ0v) is 21.1. The minimum atomic E-state index is -0.263. The Hall–Kier alpha value is -3.97. The first-order valence-electron chi connectivity index (χ1n) is 11.9. The van der Waals surface area contributed by atoms with Crippen molar-refractivity contribution in [3.8, 4) is 32.5 Å². The van der Waals surface area contributed by atoms with E-state index in [0.29, 0.717) is 36.1 Å². The third kappa shape index (κ3) is 6.17. The van der Waals surface area contributed by atoms with Crippen molar-refractivity contribution in [2.24, 2.45) is 0 Å². The first-order chi connectivity index (χ1) is 17.6. The second kappa shape index (κ2) is 12.1. The molecule has 0 saturated heterocycles. The fourth-order valence-corrected chi connectivity index (χ4v) is 4.72. The number of ether oxygens (including phenoxy) is 2. The van der Waals surface area contributed by atoms with Crippen LogP contribution in [0.3, 0.4) is 0 Å². The predicted molar refractivity (Wildman–Crippen MR) is 144 cm³/mol. The number of hydrogen-bond donors (Lipinski definition) is 1. The van der Waals surface area contributed by atoms with E-state index in [-0.39, 0.29) is 24.5 Å². The van der Waals surface area contributed by atoms with Crippen molar-refractivity contribution in [2.45, 2.75) is 26.7 Å². The van der Waals surface area contributed by atoms with Crippen molar-refractivity contribution < 1.29 is 19.1 Å². The molecule has 0 unspecified atom stereocenters. The molecule has 3 aromatic carbocycles. The molecule has 0 aliphatic carbocycles.